The Morgan fingerprint density at radius 2 is 1.45 bits per heavy atom. The molecule has 0 bridgehead atoms. The summed E-state index contributed by atoms with van der Waals surface area (Å²) >= 11 is 0. The molecule has 1 aliphatic rings. The van der Waals surface area contributed by atoms with Crippen molar-refractivity contribution in [3.8, 4) is 0 Å². The van der Waals surface area contributed by atoms with Gasteiger partial charge < -0.3 is 10.2 Å². The third kappa shape index (κ3) is 3.76. The lowest BCUT2D eigenvalue weighted by Gasteiger charge is -2.22. The highest BCUT2D eigenvalue weighted by molar-refractivity contribution is 6.23. The minimum Gasteiger partial charge on any atom is -0.339 e. The second-order valence-corrected chi connectivity index (χ2v) is 6.75. The summed E-state index contributed by atoms with van der Waals surface area (Å²) in [5.74, 6) is -1.52. The fraction of sp³-hybridized carbons (Fsp3) is 0.273. The van der Waals surface area contributed by atoms with Crippen LogP contribution in [-0.2, 0) is 4.79 Å². The van der Waals surface area contributed by atoms with Crippen molar-refractivity contribution in [3.05, 3.63) is 65.2 Å². The minimum atomic E-state index is -0.973. The zero-order valence-corrected chi connectivity index (χ0v) is 16.6. The third-order valence-electron chi connectivity index (χ3n) is 5.04. The van der Waals surface area contributed by atoms with Gasteiger partial charge in [0.15, 0.2) is 0 Å². The molecule has 1 heterocycles. The molecule has 4 amide bonds. The molecule has 150 valence electrons. The molecule has 7 nitrogen and oxygen atoms in total. The maximum Gasteiger partial charge on any atom is 0.262 e. The molecule has 0 spiro atoms. The molecule has 0 radical (unpaired) electrons. The first-order valence-electron chi connectivity index (χ1n) is 9.56. The van der Waals surface area contributed by atoms with E-state index in [1.54, 1.807) is 53.4 Å². The number of hydrogen-bond acceptors (Lipinski definition) is 4. The second kappa shape index (κ2) is 8.26. The third-order valence-corrected chi connectivity index (χ3v) is 5.04. The fourth-order valence-corrected chi connectivity index (χ4v) is 3.31. The summed E-state index contributed by atoms with van der Waals surface area (Å²) in [6.07, 6.45) is 0. The van der Waals surface area contributed by atoms with Crippen LogP contribution in [0.1, 0.15) is 51.8 Å². The van der Waals surface area contributed by atoms with Gasteiger partial charge in [0, 0.05) is 24.3 Å². The number of rotatable bonds is 6. The molecule has 0 fully saturated rings. The molecule has 1 aliphatic heterocycles. The highest BCUT2D eigenvalue weighted by Crippen LogP contribution is 2.25. The standard InChI is InChI=1S/C22H23N3O4/c1-4-24(5-2)20(27)15-10-12-16(13-11-15)23-19(26)14(3)25-21(28)17-8-6-7-9-18(17)22(25)29/h6-14H,4-5H2,1-3H3,(H,23,26)/t14-/m1/s1. The zero-order chi connectivity index (χ0) is 21.1. The summed E-state index contributed by atoms with van der Waals surface area (Å²) in [5, 5.41) is 2.70. The Bertz CT molecular complexity index is 929. The topological polar surface area (TPSA) is 86.8 Å². The number of amides is 4. The molecule has 29 heavy (non-hydrogen) atoms. The monoisotopic (exact) mass is 393 g/mol. The van der Waals surface area contributed by atoms with E-state index in [0.717, 1.165) is 4.90 Å². The van der Waals surface area contributed by atoms with E-state index in [9.17, 15) is 19.2 Å². The molecule has 3 rings (SSSR count). The predicted octanol–water partition coefficient (Wildman–Crippen LogP) is 2.79. The van der Waals surface area contributed by atoms with Crippen LogP contribution in [0.15, 0.2) is 48.5 Å². The molecule has 2 aromatic carbocycles. The highest BCUT2D eigenvalue weighted by atomic mass is 16.2. The molecular weight excluding hydrogens is 370 g/mol. The number of benzene rings is 2. The molecule has 0 aromatic heterocycles. The summed E-state index contributed by atoms with van der Waals surface area (Å²) < 4.78 is 0. The van der Waals surface area contributed by atoms with Crippen LogP contribution in [0, 0.1) is 0 Å². The zero-order valence-electron chi connectivity index (χ0n) is 16.6. The average molecular weight is 393 g/mol. The second-order valence-electron chi connectivity index (χ2n) is 6.75. The first-order chi connectivity index (χ1) is 13.9. The van der Waals surface area contributed by atoms with Gasteiger partial charge in [-0.3, -0.25) is 24.1 Å². The van der Waals surface area contributed by atoms with Crippen LogP contribution in [0.4, 0.5) is 5.69 Å². The van der Waals surface area contributed by atoms with E-state index in [0.29, 0.717) is 35.5 Å². The van der Waals surface area contributed by atoms with E-state index >= 15 is 0 Å². The summed E-state index contributed by atoms with van der Waals surface area (Å²) in [6.45, 7) is 6.57. The van der Waals surface area contributed by atoms with Crippen LogP contribution in [0.2, 0.25) is 0 Å². The van der Waals surface area contributed by atoms with Crippen molar-refractivity contribution >= 4 is 29.3 Å². The highest BCUT2D eigenvalue weighted by Gasteiger charge is 2.40. The molecule has 2 aromatic rings. The van der Waals surface area contributed by atoms with Crippen LogP contribution >= 0.6 is 0 Å². The fourth-order valence-electron chi connectivity index (χ4n) is 3.31. The Balaban J connectivity index is 1.70. The maximum absolute atomic E-state index is 12.6. The lowest BCUT2D eigenvalue weighted by molar-refractivity contribution is -0.119. The van der Waals surface area contributed by atoms with E-state index in [2.05, 4.69) is 5.32 Å². The van der Waals surface area contributed by atoms with Crippen molar-refractivity contribution in [2.75, 3.05) is 18.4 Å². The normalized spacial score (nSPS) is 13.8. The van der Waals surface area contributed by atoms with E-state index in [4.69, 9.17) is 0 Å². The van der Waals surface area contributed by atoms with Crippen LogP contribution in [0.3, 0.4) is 0 Å². The van der Waals surface area contributed by atoms with Gasteiger partial charge in [-0.05, 0) is 57.2 Å². The number of nitrogens with one attached hydrogen (secondary N) is 1. The van der Waals surface area contributed by atoms with Gasteiger partial charge in [0.05, 0.1) is 11.1 Å². The first-order valence-corrected chi connectivity index (χ1v) is 9.56. The molecule has 1 atom stereocenters. The van der Waals surface area contributed by atoms with Gasteiger partial charge in [0.25, 0.3) is 17.7 Å². The SMILES string of the molecule is CCN(CC)C(=O)c1ccc(NC(=O)[C@@H](C)N2C(=O)c3ccccc3C2=O)cc1. The number of hydrogen-bond donors (Lipinski definition) is 1. The van der Waals surface area contributed by atoms with Crippen LogP contribution < -0.4 is 5.32 Å². The minimum absolute atomic E-state index is 0.0766. The van der Waals surface area contributed by atoms with Crippen molar-refractivity contribution in [1.29, 1.82) is 0 Å². The largest absolute Gasteiger partial charge is 0.339 e. The Hall–Kier alpha value is -3.48. The van der Waals surface area contributed by atoms with Crippen LogP contribution in [-0.4, -0.2) is 52.6 Å². The molecule has 7 heteroatoms. The Kier molecular flexibility index (Phi) is 5.77. The number of anilines is 1. The summed E-state index contributed by atoms with van der Waals surface area (Å²) in [5.41, 5.74) is 1.61. The molecule has 0 saturated heterocycles. The van der Waals surface area contributed by atoms with Crippen molar-refractivity contribution in [3.63, 3.8) is 0 Å². The molecule has 1 N–H and O–H groups in total. The Morgan fingerprint density at radius 1 is 0.931 bits per heavy atom. The quantitative estimate of drug-likeness (QED) is 0.765. The number of carbonyl (C=O) groups is 4. The van der Waals surface area contributed by atoms with Gasteiger partial charge in [-0.2, -0.15) is 0 Å². The summed E-state index contributed by atoms with van der Waals surface area (Å²) in [6, 6.07) is 12.1. The Morgan fingerprint density at radius 3 is 1.93 bits per heavy atom. The molecule has 0 aliphatic carbocycles. The lowest BCUT2D eigenvalue weighted by Crippen LogP contribution is -2.45. The van der Waals surface area contributed by atoms with Gasteiger partial charge in [-0.15, -0.1) is 0 Å². The van der Waals surface area contributed by atoms with Crippen molar-refractivity contribution in [2.24, 2.45) is 0 Å². The van der Waals surface area contributed by atoms with Gasteiger partial charge in [0.2, 0.25) is 5.91 Å². The van der Waals surface area contributed by atoms with E-state index < -0.39 is 23.8 Å². The summed E-state index contributed by atoms with van der Waals surface area (Å²) in [7, 11) is 0. The van der Waals surface area contributed by atoms with Gasteiger partial charge in [-0.1, -0.05) is 12.1 Å². The van der Waals surface area contributed by atoms with Crippen molar-refractivity contribution in [2.45, 2.75) is 26.8 Å². The summed E-state index contributed by atoms with van der Waals surface area (Å²) in [4.78, 5) is 52.7. The average Bonchev–Trinajstić information content (AvgIpc) is 2.99. The number of nitrogens with zero attached hydrogens (tertiary/aromatic N) is 2. The van der Waals surface area contributed by atoms with Crippen molar-refractivity contribution < 1.29 is 19.2 Å². The van der Waals surface area contributed by atoms with E-state index in [-0.39, 0.29) is 5.91 Å². The number of imide groups is 1. The van der Waals surface area contributed by atoms with Gasteiger partial charge in [0.1, 0.15) is 6.04 Å². The van der Waals surface area contributed by atoms with Crippen molar-refractivity contribution in [1.82, 2.24) is 9.80 Å². The van der Waals surface area contributed by atoms with Crippen LogP contribution in [0.5, 0.6) is 0 Å². The molecular formula is C22H23N3O4. The molecule has 0 saturated carbocycles. The van der Waals surface area contributed by atoms with E-state index in [1.165, 1.54) is 6.92 Å². The van der Waals surface area contributed by atoms with Gasteiger partial charge in [-0.25, -0.2) is 0 Å². The Labute approximate surface area is 169 Å². The first kappa shape index (κ1) is 20.3. The smallest absolute Gasteiger partial charge is 0.262 e. The molecule has 0 unspecified atom stereocenters. The predicted molar refractivity (Wildman–Crippen MR) is 109 cm³/mol. The van der Waals surface area contributed by atoms with Gasteiger partial charge >= 0.3 is 0 Å². The number of carbonyl (C=O) groups excluding carboxylic acids is 4. The maximum atomic E-state index is 12.6. The van der Waals surface area contributed by atoms with Crippen LogP contribution in [0.25, 0.3) is 0 Å². The van der Waals surface area contributed by atoms with E-state index in [1.807, 2.05) is 13.8 Å². The number of fused-ring (bicyclic) bond motifs is 1. The lowest BCUT2D eigenvalue weighted by atomic mass is 10.1.